The summed E-state index contributed by atoms with van der Waals surface area (Å²) in [5, 5.41) is 0. The van der Waals surface area contributed by atoms with Gasteiger partial charge in [-0.25, -0.2) is 0 Å². The van der Waals surface area contributed by atoms with Crippen LogP contribution in [0.1, 0.15) is 19.8 Å². The van der Waals surface area contributed by atoms with Gasteiger partial charge in [0.05, 0.1) is 4.95 Å². The maximum atomic E-state index is 10.9. The third-order valence-corrected chi connectivity index (χ3v) is 1.86. The predicted molar refractivity (Wildman–Crippen MR) is 39.5 cm³/mol. The van der Waals surface area contributed by atoms with E-state index in [-0.39, 0.29) is 16.8 Å². The Morgan fingerprint density at radius 2 is 1.80 bits per heavy atom. The van der Waals surface area contributed by atoms with E-state index in [4.69, 9.17) is 0 Å². The molecule has 1 heterocycles. The van der Waals surface area contributed by atoms with Crippen LogP contribution < -0.4 is 0 Å². The van der Waals surface area contributed by atoms with Gasteiger partial charge in [-0.3, -0.25) is 14.5 Å². The highest BCUT2D eigenvalue weighted by Gasteiger charge is 2.31. The van der Waals surface area contributed by atoms with E-state index in [9.17, 15) is 9.59 Å². The number of likely N-dealkylation sites (tertiary alicyclic amines) is 1. The van der Waals surface area contributed by atoms with Crippen molar-refractivity contribution in [3.05, 3.63) is 0 Å². The number of halogens is 1. The zero-order valence-corrected chi connectivity index (χ0v) is 7.22. The molecule has 2 amide bonds. The van der Waals surface area contributed by atoms with Gasteiger partial charge in [-0.05, 0) is 6.92 Å². The van der Waals surface area contributed by atoms with Gasteiger partial charge >= 0.3 is 0 Å². The molecule has 0 aromatic rings. The predicted octanol–water partition coefficient (Wildman–Crippen LogP) is 0.876. The Morgan fingerprint density at radius 1 is 1.40 bits per heavy atom. The molecule has 0 aromatic heterocycles. The van der Waals surface area contributed by atoms with Gasteiger partial charge in [0.1, 0.15) is 0 Å². The molecule has 4 heteroatoms. The quantitative estimate of drug-likeness (QED) is 0.362. The number of hydrogen-bond donors (Lipinski definition) is 0. The van der Waals surface area contributed by atoms with E-state index < -0.39 is 0 Å². The lowest BCUT2D eigenvalue weighted by molar-refractivity contribution is -0.138. The molecule has 0 bridgehead atoms. The highest BCUT2D eigenvalue weighted by atomic mass is 79.9. The fraction of sp³-hybridized carbons (Fsp3) is 0.667. The van der Waals surface area contributed by atoms with Crippen molar-refractivity contribution in [2.24, 2.45) is 0 Å². The van der Waals surface area contributed by atoms with Crippen LogP contribution in [0.4, 0.5) is 0 Å². The average molecular weight is 206 g/mol. The summed E-state index contributed by atoms with van der Waals surface area (Å²) in [6.45, 7) is 1.76. The average Bonchev–Trinajstić information content (AvgIpc) is 2.11. The SMILES string of the molecule is CC(Br)N1C(=O)CCC1=O. The summed E-state index contributed by atoms with van der Waals surface area (Å²) in [5.74, 6) is -0.149. The molecule has 0 radical (unpaired) electrons. The second-order valence-corrected chi connectivity index (χ2v) is 3.56. The maximum absolute atomic E-state index is 10.9. The number of imide groups is 1. The van der Waals surface area contributed by atoms with Crippen molar-refractivity contribution in [2.75, 3.05) is 0 Å². The minimum absolute atomic E-state index is 0.0747. The van der Waals surface area contributed by atoms with Crippen LogP contribution in [0, 0.1) is 0 Å². The van der Waals surface area contributed by atoms with E-state index >= 15 is 0 Å². The van der Waals surface area contributed by atoms with Crippen LogP contribution >= 0.6 is 15.9 Å². The minimum Gasteiger partial charge on any atom is -0.274 e. The molecule has 1 aliphatic heterocycles. The van der Waals surface area contributed by atoms with Crippen LogP contribution in [0.25, 0.3) is 0 Å². The van der Waals surface area contributed by atoms with Gasteiger partial charge in [-0.15, -0.1) is 0 Å². The fourth-order valence-corrected chi connectivity index (χ4v) is 1.45. The molecule has 1 unspecified atom stereocenters. The number of hydrogen-bond acceptors (Lipinski definition) is 2. The molecule has 56 valence electrons. The molecule has 10 heavy (non-hydrogen) atoms. The van der Waals surface area contributed by atoms with Crippen LogP contribution in [-0.4, -0.2) is 21.7 Å². The van der Waals surface area contributed by atoms with Crippen LogP contribution in [0.5, 0.6) is 0 Å². The van der Waals surface area contributed by atoms with E-state index in [1.165, 1.54) is 4.90 Å². The number of alkyl halides is 1. The smallest absolute Gasteiger partial charge is 0.230 e. The maximum Gasteiger partial charge on any atom is 0.230 e. The monoisotopic (exact) mass is 205 g/mol. The number of nitrogens with zero attached hydrogens (tertiary/aromatic N) is 1. The lowest BCUT2D eigenvalue weighted by Crippen LogP contribution is -2.33. The molecule has 1 fully saturated rings. The van der Waals surface area contributed by atoms with Crippen molar-refractivity contribution < 1.29 is 9.59 Å². The zero-order chi connectivity index (χ0) is 7.72. The normalized spacial score (nSPS) is 22.0. The van der Waals surface area contributed by atoms with E-state index in [1.807, 2.05) is 0 Å². The lowest BCUT2D eigenvalue weighted by atomic mass is 10.4. The van der Waals surface area contributed by atoms with Gasteiger partial charge in [0, 0.05) is 12.8 Å². The lowest BCUT2D eigenvalue weighted by Gasteiger charge is -2.15. The Hall–Kier alpha value is -0.380. The molecular weight excluding hydrogens is 198 g/mol. The van der Waals surface area contributed by atoms with E-state index in [0.29, 0.717) is 12.8 Å². The molecule has 1 saturated heterocycles. The van der Waals surface area contributed by atoms with Crippen LogP contribution in [0.2, 0.25) is 0 Å². The molecule has 0 N–H and O–H groups in total. The van der Waals surface area contributed by atoms with Crippen molar-refractivity contribution in [1.82, 2.24) is 4.90 Å². The molecule has 0 aliphatic carbocycles. The van der Waals surface area contributed by atoms with Crippen molar-refractivity contribution in [2.45, 2.75) is 24.7 Å². The van der Waals surface area contributed by atoms with E-state index in [0.717, 1.165) is 0 Å². The summed E-state index contributed by atoms with van der Waals surface area (Å²) < 4.78 is 0. The number of amides is 2. The van der Waals surface area contributed by atoms with Crippen molar-refractivity contribution in [3.63, 3.8) is 0 Å². The summed E-state index contributed by atoms with van der Waals surface area (Å²) in [6.07, 6.45) is 0.740. The highest BCUT2D eigenvalue weighted by Crippen LogP contribution is 2.17. The molecule has 1 rings (SSSR count). The van der Waals surface area contributed by atoms with Gasteiger partial charge in [-0.1, -0.05) is 15.9 Å². The molecule has 0 spiro atoms. The first kappa shape index (κ1) is 7.72. The van der Waals surface area contributed by atoms with Crippen LogP contribution in [0.3, 0.4) is 0 Å². The van der Waals surface area contributed by atoms with Gasteiger partial charge in [0.25, 0.3) is 0 Å². The molecule has 3 nitrogen and oxygen atoms in total. The van der Waals surface area contributed by atoms with Crippen molar-refractivity contribution in [3.8, 4) is 0 Å². The third kappa shape index (κ3) is 1.21. The van der Waals surface area contributed by atoms with Gasteiger partial charge in [-0.2, -0.15) is 0 Å². The van der Waals surface area contributed by atoms with Gasteiger partial charge in [0.15, 0.2) is 0 Å². The Kier molecular flexibility index (Phi) is 2.08. The largest absolute Gasteiger partial charge is 0.274 e. The van der Waals surface area contributed by atoms with Gasteiger partial charge in [0.2, 0.25) is 11.8 Å². The second-order valence-electron chi connectivity index (χ2n) is 2.23. The Bertz CT molecular complexity index is 163. The first-order valence-corrected chi connectivity index (χ1v) is 4.03. The summed E-state index contributed by atoms with van der Waals surface area (Å²) in [5.41, 5.74) is 0. The summed E-state index contributed by atoms with van der Waals surface area (Å²) in [6, 6.07) is 0. The Morgan fingerprint density at radius 3 is 2.00 bits per heavy atom. The van der Waals surface area contributed by atoms with E-state index in [2.05, 4.69) is 15.9 Å². The zero-order valence-electron chi connectivity index (χ0n) is 5.63. The third-order valence-electron chi connectivity index (χ3n) is 1.45. The minimum atomic E-state index is -0.157. The molecule has 0 aromatic carbocycles. The number of carbonyl (C=O) groups excluding carboxylic acids is 2. The second kappa shape index (κ2) is 2.70. The topological polar surface area (TPSA) is 37.4 Å². The Balaban J connectivity index is 2.72. The fourth-order valence-electron chi connectivity index (χ4n) is 0.991. The van der Waals surface area contributed by atoms with Crippen molar-refractivity contribution in [1.29, 1.82) is 0 Å². The van der Waals surface area contributed by atoms with Gasteiger partial charge < -0.3 is 0 Å². The summed E-state index contributed by atoms with van der Waals surface area (Å²) in [7, 11) is 0. The molecular formula is C6H8BrNO2. The molecule has 0 saturated carbocycles. The Labute approximate surface area is 67.5 Å². The van der Waals surface area contributed by atoms with Crippen LogP contribution in [-0.2, 0) is 9.59 Å². The molecule has 1 aliphatic rings. The standard InChI is InChI=1S/C6H8BrNO2/c1-4(7)8-5(9)2-3-6(8)10/h4H,2-3H2,1H3. The highest BCUT2D eigenvalue weighted by molar-refractivity contribution is 9.09. The number of carbonyl (C=O) groups is 2. The summed E-state index contributed by atoms with van der Waals surface area (Å²) >= 11 is 3.17. The first-order valence-electron chi connectivity index (χ1n) is 3.12. The van der Waals surface area contributed by atoms with Crippen molar-refractivity contribution >= 4 is 27.7 Å². The summed E-state index contributed by atoms with van der Waals surface area (Å²) in [4.78, 5) is 22.9. The van der Waals surface area contributed by atoms with E-state index in [1.54, 1.807) is 6.92 Å². The van der Waals surface area contributed by atoms with Crippen LogP contribution in [0.15, 0.2) is 0 Å². The number of rotatable bonds is 1. The first-order chi connectivity index (χ1) is 4.63. The molecule has 1 atom stereocenters.